The average molecular weight is 296 g/mol. The predicted octanol–water partition coefficient (Wildman–Crippen LogP) is 1.41. The number of thiazole rings is 1. The third-order valence-electron chi connectivity index (χ3n) is 4.10. The Morgan fingerprint density at radius 3 is 3.10 bits per heavy atom. The fourth-order valence-electron chi connectivity index (χ4n) is 3.12. The topological polar surface area (TPSA) is 80.5 Å². The van der Waals surface area contributed by atoms with E-state index in [9.17, 15) is 4.79 Å². The largest absolute Gasteiger partial charge is 0.383 e. The monoisotopic (exact) mass is 296 g/mol. The maximum atomic E-state index is 12.6. The molecule has 1 amide bonds. The first-order chi connectivity index (χ1) is 9.69. The molecule has 0 spiro atoms. The normalized spacial score (nSPS) is 24.4. The van der Waals surface area contributed by atoms with Crippen LogP contribution in [0.1, 0.15) is 28.9 Å². The highest BCUT2D eigenvalue weighted by Gasteiger charge is 2.41. The summed E-state index contributed by atoms with van der Waals surface area (Å²) in [7, 11) is 1.65. The molecule has 1 aromatic heterocycles. The molecule has 2 fully saturated rings. The molecule has 2 unspecified atom stereocenters. The zero-order valence-electron chi connectivity index (χ0n) is 11.6. The Balaban J connectivity index is 1.68. The van der Waals surface area contributed by atoms with Gasteiger partial charge in [-0.3, -0.25) is 4.79 Å². The summed E-state index contributed by atoms with van der Waals surface area (Å²) in [6.45, 7) is 2.14. The highest BCUT2D eigenvalue weighted by atomic mass is 32.1. The van der Waals surface area contributed by atoms with Crippen molar-refractivity contribution in [1.82, 2.24) is 9.88 Å². The predicted molar refractivity (Wildman–Crippen MR) is 79.1 cm³/mol. The van der Waals surface area contributed by atoms with Gasteiger partial charge in [0.05, 0.1) is 6.61 Å². The molecule has 2 bridgehead atoms. The standard InChI is InChI=1S/C13H20N4O2S/c1-19-5-4-15-13-16-11(14)10(20-13)12(18)17-7-8-2-3-9(17)6-8/h8-9H,2-7,14H2,1H3,(H,15,16). The van der Waals surface area contributed by atoms with Gasteiger partial charge in [-0.2, -0.15) is 0 Å². The van der Waals surface area contributed by atoms with E-state index in [0.29, 0.717) is 40.9 Å². The van der Waals surface area contributed by atoms with Crippen molar-refractivity contribution in [3.8, 4) is 0 Å². The van der Waals surface area contributed by atoms with E-state index in [1.807, 2.05) is 4.90 Å². The van der Waals surface area contributed by atoms with Gasteiger partial charge in [-0.25, -0.2) is 4.98 Å². The Kier molecular flexibility index (Phi) is 3.80. The van der Waals surface area contributed by atoms with Crippen LogP contribution in [0, 0.1) is 5.92 Å². The van der Waals surface area contributed by atoms with Gasteiger partial charge in [0.2, 0.25) is 0 Å². The fourth-order valence-corrected chi connectivity index (χ4v) is 3.99. The lowest BCUT2D eigenvalue weighted by Crippen LogP contribution is -2.37. The van der Waals surface area contributed by atoms with Crippen molar-refractivity contribution in [3.63, 3.8) is 0 Å². The number of nitrogen functional groups attached to an aromatic ring is 1. The molecule has 2 heterocycles. The van der Waals surface area contributed by atoms with Crippen molar-refractivity contribution in [3.05, 3.63) is 4.88 Å². The van der Waals surface area contributed by atoms with Crippen molar-refractivity contribution in [2.75, 3.05) is 37.9 Å². The minimum atomic E-state index is 0.0481. The number of hydrogen-bond acceptors (Lipinski definition) is 6. The number of rotatable bonds is 5. The van der Waals surface area contributed by atoms with Gasteiger partial charge in [0, 0.05) is 26.2 Å². The van der Waals surface area contributed by atoms with Crippen molar-refractivity contribution in [2.45, 2.75) is 25.3 Å². The van der Waals surface area contributed by atoms with Crippen LogP contribution in [-0.2, 0) is 4.74 Å². The molecule has 1 aliphatic carbocycles. The number of aromatic nitrogens is 1. The highest BCUT2D eigenvalue weighted by Crippen LogP contribution is 2.39. The Bertz CT molecular complexity index is 505. The lowest BCUT2D eigenvalue weighted by atomic mass is 10.1. The molecule has 20 heavy (non-hydrogen) atoms. The van der Waals surface area contributed by atoms with Crippen LogP contribution < -0.4 is 11.1 Å². The van der Waals surface area contributed by atoms with Gasteiger partial charge < -0.3 is 20.7 Å². The van der Waals surface area contributed by atoms with E-state index in [1.54, 1.807) is 7.11 Å². The highest BCUT2D eigenvalue weighted by molar-refractivity contribution is 7.18. The third kappa shape index (κ3) is 2.47. The number of anilines is 2. The summed E-state index contributed by atoms with van der Waals surface area (Å²) in [5.41, 5.74) is 5.89. The van der Waals surface area contributed by atoms with Crippen molar-refractivity contribution >= 4 is 28.2 Å². The summed E-state index contributed by atoms with van der Waals surface area (Å²) >= 11 is 1.34. The summed E-state index contributed by atoms with van der Waals surface area (Å²) in [6, 6.07) is 0.416. The molecule has 3 rings (SSSR count). The third-order valence-corrected chi connectivity index (χ3v) is 5.12. The van der Waals surface area contributed by atoms with Crippen LogP contribution in [0.3, 0.4) is 0 Å². The zero-order valence-corrected chi connectivity index (χ0v) is 12.4. The van der Waals surface area contributed by atoms with Gasteiger partial charge >= 0.3 is 0 Å². The minimum absolute atomic E-state index is 0.0481. The smallest absolute Gasteiger partial charge is 0.268 e. The molecule has 7 heteroatoms. The molecule has 1 saturated carbocycles. The molecular formula is C13H20N4O2S. The van der Waals surface area contributed by atoms with Gasteiger partial charge in [-0.1, -0.05) is 11.3 Å². The zero-order chi connectivity index (χ0) is 14.1. The number of amides is 1. The van der Waals surface area contributed by atoms with Crippen molar-refractivity contribution < 1.29 is 9.53 Å². The molecule has 1 aromatic rings. The molecule has 0 radical (unpaired) electrons. The van der Waals surface area contributed by atoms with E-state index in [1.165, 1.54) is 17.8 Å². The number of methoxy groups -OCH3 is 1. The molecule has 6 nitrogen and oxygen atoms in total. The molecule has 3 N–H and O–H groups in total. The van der Waals surface area contributed by atoms with Crippen LogP contribution >= 0.6 is 11.3 Å². The maximum absolute atomic E-state index is 12.6. The first kappa shape index (κ1) is 13.6. The second-order valence-electron chi connectivity index (χ2n) is 5.44. The van der Waals surface area contributed by atoms with Crippen LogP contribution in [0.2, 0.25) is 0 Å². The molecule has 2 atom stereocenters. The van der Waals surface area contributed by atoms with E-state index in [4.69, 9.17) is 10.5 Å². The Hall–Kier alpha value is -1.34. The SMILES string of the molecule is COCCNc1nc(N)c(C(=O)N2CC3CCC2C3)s1. The van der Waals surface area contributed by atoms with Gasteiger partial charge in [0.25, 0.3) is 5.91 Å². The van der Waals surface area contributed by atoms with Crippen LogP contribution in [0.15, 0.2) is 0 Å². The van der Waals surface area contributed by atoms with Gasteiger partial charge in [0.1, 0.15) is 10.7 Å². The molecule has 2 aliphatic rings. The van der Waals surface area contributed by atoms with E-state index >= 15 is 0 Å². The number of nitrogens with one attached hydrogen (secondary N) is 1. The summed E-state index contributed by atoms with van der Waals surface area (Å²) in [5, 5.41) is 3.81. The second-order valence-corrected chi connectivity index (χ2v) is 6.44. The number of ether oxygens (including phenoxy) is 1. The summed E-state index contributed by atoms with van der Waals surface area (Å²) in [4.78, 5) is 19.3. The van der Waals surface area contributed by atoms with Gasteiger partial charge in [-0.15, -0.1) is 0 Å². The number of hydrogen-bond donors (Lipinski definition) is 2. The number of carbonyl (C=O) groups is 1. The molecule has 1 aliphatic heterocycles. The van der Waals surface area contributed by atoms with Gasteiger partial charge in [-0.05, 0) is 25.2 Å². The van der Waals surface area contributed by atoms with E-state index in [2.05, 4.69) is 10.3 Å². The average Bonchev–Trinajstić information content (AvgIpc) is 3.13. The summed E-state index contributed by atoms with van der Waals surface area (Å²) in [5.74, 6) is 1.08. The quantitative estimate of drug-likeness (QED) is 0.803. The molecule has 0 aromatic carbocycles. The number of nitrogens with zero attached hydrogens (tertiary/aromatic N) is 2. The Morgan fingerprint density at radius 2 is 2.45 bits per heavy atom. The Morgan fingerprint density at radius 1 is 1.60 bits per heavy atom. The van der Waals surface area contributed by atoms with Crippen LogP contribution in [0.4, 0.5) is 10.9 Å². The lowest BCUT2D eigenvalue weighted by molar-refractivity contribution is 0.0709. The van der Waals surface area contributed by atoms with E-state index < -0.39 is 0 Å². The first-order valence-corrected chi connectivity index (χ1v) is 7.80. The number of nitrogens with two attached hydrogens (primary N) is 1. The molecule has 110 valence electrons. The summed E-state index contributed by atoms with van der Waals surface area (Å²) < 4.78 is 4.97. The number of likely N-dealkylation sites (tertiary alicyclic amines) is 1. The summed E-state index contributed by atoms with van der Waals surface area (Å²) in [6.07, 6.45) is 3.55. The first-order valence-electron chi connectivity index (χ1n) is 6.99. The van der Waals surface area contributed by atoms with Crippen molar-refractivity contribution in [1.29, 1.82) is 0 Å². The molecular weight excluding hydrogens is 276 g/mol. The van der Waals surface area contributed by atoms with Crippen LogP contribution in [0.5, 0.6) is 0 Å². The van der Waals surface area contributed by atoms with Crippen LogP contribution in [-0.4, -0.2) is 48.6 Å². The molecule has 1 saturated heterocycles. The maximum Gasteiger partial charge on any atom is 0.268 e. The van der Waals surface area contributed by atoms with E-state index in [-0.39, 0.29) is 5.91 Å². The fraction of sp³-hybridized carbons (Fsp3) is 0.692. The Labute approximate surface area is 122 Å². The van der Waals surface area contributed by atoms with Crippen molar-refractivity contribution in [2.24, 2.45) is 5.92 Å². The van der Waals surface area contributed by atoms with Crippen LogP contribution in [0.25, 0.3) is 0 Å². The van der Waals surface area contributed by atoms with Gasteiger partial charge in [0.15, 0.2) is 5.13 Å². The minimum Gasteiger partial charge on any atom is -0.383 e. The lowest BCUT2D eigenvalue weighted by Gasteiger charge is -2.26. The number of fused-ring (bicyclic) bond motifs is 2. The number of carbonyl (C=O) groups excluding carboxylic acids is 1. The second kappa shape index (κ2) is 5.57. The number of piperidine rings is 1. The van der Waals surface area contributed by atoms with E-state index in [0.717, 1.165) is 19.4 Å².